The van der Waals surface area contributed by atoms with Gasteiger partial charge in [-0.2, -0.15) is 13.2 Å². The highest BCUT2D eigenvalue weighted by molar-refractivity contribution is 5.93. The maximum atomic E-state index is 13.6. The number of carbonyl (C=O) groups excluding carboxylic acids is 1. The lowest BCUT2D eigenvalue weighted by Crippen LogP contribution is -2.36. The number of nitrogens with one attached hydrogen (secondary N) is 1. The van der Waals surface area contributed by atoms with Crippen molar-refractivity contribution in [2.24, 2.45) is 0 Å². The first kappa shape index (κ1) is 21.0. The number of hydrogen-bond acceptors (Lipinski definition) is 4. The molecule has 0 radical (unpaired) electrons. The molecule has 29 heavy (non-hydrogen) atoms. The fourth-order valence-electron chi connectivity index (χ4n) is 3.09. The first-order chi connectivity index (χ1) is 13.7. The lowest BCUT2D eigenvalue weighted by atomic mass is 10.1. The fraction of sp³-hybridized carbons (Fsp3) is 0.381. The van der Waals surface area contributed by atoms with Crippen LogP contribution >= 0.6 is 0 Å². The van der Waals surface area contributed by atoms with Gasteiger partial charge in [-0.3, -0.25) is 4.79 Å². The van der Waals surface area contributed by atoms with Crippen molar-refractivity contribution in [2.45, 2.75) is 20.0 Å². The van der Waals surface area contributed by atoms with E-state index in [2.05, 4.69) is 5.32 Å². The average molecular weight is 408 g/mol. The van der Waals surface area contributed by atoms with Gasteiger partial charge in [0.05, 0.1) is 24.5 Å². The third-order valence-electron chi connectivity index (χ3n) is 4.66. The number of rotatable bonds is 5. The lowest BCUT2D eigenvalue weighted by molar-refractivity contribution is -0.137. The first-order valence-electron chi connectivity index (χ1n) is 9.28. The Morgan fingerprint density at radius 1 is 1.14 bits per heavy atom. The molecule has 1 N–H and O–H groups in total. The van der Waals surface area contributed by atoms with Crippen LogP contribution in [0.25, 0.3) is 0 Å². The van der Waals surface area contributed by atoms with Gasteiger partial charge in [0, 0.05) is 18.8 Å². The summed E-state index contributed by atoms with van der Waals surface area (Å²) in [5.41, 5.74) is 1.08. The Kier molecular flexibility index (Phi) is 6.32. The Morgan fingerprint density at radius 2 is 1.86 bits per heavy atom. The summed E-state index contributed by atoms with van der Waals surface area (Å²) in [6, 6.07) is 9.46. The smallest absolute Gasteiger partial charge is 0.418 e. The normalized spacial score (nSPS) is 14.6. The summed E-state index contributed by atoms with van der Waals surface area (Å²) in [5.74, 6) is -0.130. The summed E-state index contributed by atoms with van der Waals surface area (Å²) in [5, 5.41) is 2.32. The van der Waals surface area contributed by atoms with E-state index in [1.165, 1.54) is 6.07 Å². The van der Waals surface area contributed by atoms with Crippen LogP contribution in [0.5, 0.6) is 5.75 Å². The topological polar surface area (TPSA) is 50.8 Å². The zero-order valence-corrected chi connectivity index (χ0v) is 16.3. The molecule has 0 saturated carbocycles. The predicted octanol–water partition coefficient (Wildman–Crippen LogP) is 4.18. The van der Waals surface area contributed by atoms with Gasteiger partial charge >= 0.3 is 6.18 Å². The lowest BCUT2D eigenvalue weighted by Gasteiger charge is -2.29. The summed E-state index contributed by atoms with van der Waals surface area (Å²) < 4.78 is 51.4. The Morgan fingerprint density at radius 3 is 2.55 bits per heavy atom. The molecule has 0 aliphatic carbocycles. The van der Waals surface area contributed by atoms with Crippen molar-refractivity contribution >= 4 is 17.3 Å². The van der Waals surface area contributed by atoms with Gasteiger partial charge in [-0.25, -0.2) is 0 Å². The minimum absolute atomic E-state index is 0.288. The Labute approximate surface area is 167 Å². The third-order valence-corrected chi connectivity index (χ3v) is 4.66. The van der Waals surface area contributed by atoms with Crippen molar-refractivity contribution in [3.05, 3.63) is 53.1 Å². The zero-order valence-electron chi connectivity index (χ0n) is 16.3. The number of ether oxygens (including phenoxy) is 2. The van der Waals surface area contributed by atoms with E-state index >= 15 is 0 Å². The molecule has 0 bridgehead atoms. The van der Waals surface area contributed by atoms with Crippen LogP contribution in [0.15, 0.2) is 36.4 Å². The standard InChI is InChI=1S/C21H23F3N2O3/c1-14-3-4-15(2)19(11-14)29-13-20(27)25-18-6-5-16(12-17(18)21(22,23)24)26-7-9-28-10-8-26/h3-6,11-12H,7-10,13H2,1-2H3,(H,25,27). The average Bonchev–Trinajstić information content (AvgIpc) is 2.69. The minimum atomic E-state index is -4.60. The highest BCUT2D eigenvalue weighted by atomic mass is 19.4. The molecular weight excluding hydrogens is 385 g/mol. The van der Waals surface area contributed by atoms with Crippen molar-refractivity contribution in [3.8, 4) is 5.75 Å². The first-order valence-corrected chi connectivity index (χ1v) is 9.28. The maximum absolute atomic E-state index is 13.6. The Balaban J connectivity index is 1.73. The third kappa shape index (κ3) is 5.41. The molecule has 0 aromatic heterocycles. The molecule has 156 valence electrons. The molecule has 8 heteroatoms. The van der Waals surface area contributed by atoms with Gasteiger partial charge in [0.2, 0.25) is 0 Å². The summed E-state index contributed by atoms with van der Waals surface area (Å²) in [7, 11) is 0. The van der Waals surface area contributed by atoms with E-state index in [1.54, 1.807) is 12.1 Å². The number of alkyl halides is 3. The summed E-state index contributed by atoms with van der Waals surface area (Å²) in [6.07, 6.45) is -4.60. The molecule has 1 amide bonds. The van der Waals surface area contributed by atoms with Gasteiger partial charge in [-0.05, 0) is 49.2 Å². The molecule has 1 aliphatic heterocycles. The number of anilines is 2. The molecule has 1 fully saturated rings. The second kappa shape index (κ2) is 8.73. The summed E-state index contributed by atoms with van der Waals surface area (Å²) in [6.45, 7) is 5.31. The molecular formula is C21H23F3N2O3. The van der Waals surface area contributed by atoms with Crippen LogP contribution in [0.1, 0.15) is 16.7 Å². The highest BCUT2D eigenvalue weighted by Crippen LogP contribution is 2.37. The van der Waals surface area contributed by atoms with Crippen molar-refractivity contribution < 1.29 is 27.4 Å². The zero-order chi connectivity index (χ0) is 21.0. The molecule has 0 atom stereocenters. The van der Waals surface area contributed by atoms with E-state index in [-0.39, 0.29) is 12.3 Å². The van der Waals surface area contributed by atoms with Crippen molar-refractivity contribution in [3.63, 3.8) is 0 Å². The SMILES string of the molecule is Cc1ccc(C)c(OCC(=O)Nc2ccc(N3CCOCC3)cc2C(F)(F)F)c1. The Bertz CT molecular complexity index is 878. The molecule has 0 unspecified atom stereocenters. The molecule has 5 nitrogen and oxygen atoms in total. The largest absolute Gasteiger partial charge is 0.483 e. The minimum Gasteiger partial charge on any atom is -0.483 e. The van der Waals surface area contributed by atoms with E-state index in [0.717, 1.165) is 17.2 Å². The van der Waals surface area contributed by atoms with Gasteiger partial charge in [0.25, 0.3) is 5.91 Å². The number of aryl methyl sites for hydroxylation is 2. The number of halogens is 3. The molecule has 3 rings (SSSR count). The van der Waals surface area contributed by atoms with Crippen LogP contribution in [0.2, 0.25) is 0 Å². The highest BCUT2D eigenvalue weighted by Gasteiger charge is 2.35. The van der Waals surface area contributed by atoms with Gasteiger partial charge in [-0.15, -0.1) is 0 Å². The fourth-order valence-corrected chi connectivity index (χ4v) is 3.09. The summed E-state index contributed by atoms with van der Waals surface area (Å²) in [4.78, 5) is 14.0. The van der Waals surface area contributed by atoms with Crippen molar-refractivity contribution in [1.82, 2.24) is 0 Å². The number of benzene rings is 2. The Hall–Kier alpha value is -2.74. The summed E-state index contributed by atoms with van der Waals surface area (Å²) >= 11 is 0. The second-order valence-corrected chi connectivity index (χ2v) is 6.93. The van der Waals surface area contributed by atoms with Gasteiger partial charge in [0.1, 0.15) is 5.75 Å². The maximum Gasteiger partial charge on any atom is 0.418 e. The monoisotopic (exact) mass is 408 g/mol. The van der Waals surface area contributed by atoms with Crippen LogP contribution in [0.3, 0.4) is 0 Å². The van der Waals surface area contributed by atoms with E-state index in [0.29, 0.717) is 37.7 Å². The van der Waals surface area contributed by atoms with Gasteiger partial charge < -0.3 is 19.7 Å². The number of hydrogen-bond donors (Lipinski definition) is 1. The number of nitrogens with zero attached hydrogens (tertiary/aromatic N) is 1. The predicted molar refractivity (Wildman–Crippen MR) is 105 cm³/mol. The molecule has 2 aromatic rings. The number of carbonyl (C=O) groups is 1. The number of amides is 1. The van der Waals surface area contributed by atoms with Crippen LogP contribution in [-0.2, 0) is 15.7 Å². The molecule has 1 heterocycles. The van der Waals surface area contributed by atoms with Gasteiger partial charge in [-0.1, -0.05) is 12.1 Å². The molecule has 2 aromatic carbocycles. The molecule has 1 aliphatic rings. The van der Waals surface area contributed by atoms with Crippen LogP contribution in [0.4, 0.5) is 24.5 Å². The van der Waals surface area contributed by atoms with Crippen molar-refractivity contribution in [1.29, 1.82) is 0 Å². The molecule has 0 spiro atoms. The van der Waals surface area contributed by atoms with Crippen LogP contribution in [-0.4, -0.2) is 38.8 Å². The van der Waals surface area contributed by atoms with Crippen LogP contribution < -0.4 is 15.0 Å². The molecule has 1 saturated heterocycles. The van der Waals surface area contributed by atoms with E-state index < -0.39 is 17.6 Å². The van der Waals surface area contributed by atoms with Crippen LogP contribution in [0, 0.1) is 13.8 Å². The second-order valence-electron chi connectivity index (χ2n) is 6.93. The number of morpholine rings is 1. The van der Waals surface area contributed by atoms with E-state index in [9.17, 15) is 18.0 Å². The van der Waals surface area contributed by atoms with Crippen molar-refractivity contribution in [2.75, 3.05) is 43.1 Å². The van der Waals surface area contributed by atoms with E-state index in [1.807, 2.05) is 30.9 Å². The van der Waals surface area contributed by atoms with Gasteiger partial charge in [0.15, 0.2) is 6.61 Å². The van der Waals surface area contributed by atoms with E-state index in [4.69, 9.17) is 9.47 Å². The quantitative estimate of drug-likeness (QED) is 0.807.